The molecular formula is C27H30ClF2N3O2. The van der Waals surface area contributed by atoms with Crippen LogP contribution in [-0.4, -0.2) is 33.8 Å². The lowest BCUT2D eigenvalue weighted by atomic mass is 9.79. The summed E-state index contributed by atoms with van der Waals surface area (Å²) in [5.74, 6) is 0.651. The highest BCUT2D eigenvalue weighted by Gasteiger charge is 2.37. The summed E-state index contributed by atoms with van der Waals surface area (Å²) in [4.78, 5) is 4.77. The van der Waals surface area contributed by atoms with Crippen molar-refractivity contribution in [2.45, 2.75) is 64.3 Å². The number of phenolic OH excluding ortho intramolecular Hbond substituents is 1. The molecule has 1 aliphatic heterocycles. The van der Waals surface area contributed by atoms with E-state index in [2.05, 4.69) is 38.3 Å². The molecule has 0 atom stereocenters. The van der Waals surface area contributed by atoms with Gasteiger partial charge in [0.25, 0.3) is 0 Å². The molecule has 5 nitrogen and oxygen atoms in total. The molecule has 0 bridgehead atoms. The highest BCUT2D eigenvalue weighted by molar-refractivity contribution is 6.31. The maximum atomic E-state index is 13.1. The van der Waals surface area contributed by atoms with Crippen molar-refractivity contribution in [3.63, 3.8) is 0 Å². The summed E-state index contributed by atoms with van der Waals surface area (Å²) in [5.41, 5.74) is 1.86. The fraction of sp³-hybridized carbons (Fsp3) is 0.370. The van der Waals surface area contributed by atoms with E-state index in [1.807, 2.05) is 6.07 Å². The molecule has 2 heterocycles. The van der Waals surface area contributed by atoms with E-state index in [1.54, 1.807) is 36.4 Å². The van der Waals surface area contributed by atoms with Crippen LogP contribution in [0.25, 0.3) is 22.4 Å². The number of phenols is 1. The Bertz CT molecular complexity index is 1200. The van der Waals surface area contributed by atoms with E-state index in [1.165, 1.54) is 12.1 Å². The zero-order chi connectivity index (χ0) is 25.4. The minimum absolute atomic E-state index is 0.0197. The Kier molecular flexibility index (Phi) is 6.93. The smallest absolute Gasteiger partial charge is 0.387 e. The van der Waals surface area contributed by atoms with Crippen molar-refractivity contribution in [1.82, 2.24) is 10.3 Å². The van der Waals surface area contributed by atoms with Gasteiger partial charge < -0.3 is 20.5 Å². The van der Waals surface area contributed by atoms with Crippen LogP contribution >= 0.6 is 11.6 Å². The molecule has 0 radical (unpaired) electrons. The number of aromatic hydroxyl groups is 1. The van der Waals surface area contributed by atoms with E-state index < -0.39 is 6.61 Å². The minimum atomic E-state index is -2.95. The van der Waals surface area contributed by atoms with Crippen molar-refractivity contribution < 1.29 is 18.6 Å². The third-order valence-electron chi connectivity index (χ3n) is 6.02. The first-order valence-corrected chi connectivity index (χ1v) is 11.9. The lowest BCUT2D eigenvalue weighted by Gasteiger charge is -2.46. The lowest BCUT2D eigenvalue weighted by molar-refractivity contribution is -0.0494. The van der Waals surface area contributed by atoms with E-state index in [4.69, 9.17) is 21.3 Å². The number of alkyl halides is 2. The fourth-order valence-electron chi connectivity index (χ4n) is 5.15. The van der Waals surface area contributed by atoms with Gasteiger partial charge in [0.15, 0.2) is 0 Å². The van der Waals surface area contributed by atoms with Gasteiger partial charge in [0.05, 0.1) is 5.69 Å². The molecule has 35 heavy (non-hydrogen) atoms. The van der Waals surface area contributed by atoms with Crippen LogP contribution in [0.15, 0.2) is 54.6 Å². The first-order valence-electron chi connectivity index (χ1n) is 11.5. The molecule has 1 saturated heterocycles. The Labute approximate surface area is 209 Å². The van der Waals surface area contributed by atoms with Crippen molar-refractivity contribution in [1.29, 1.82) is 0 Å². The molecule has 1 fully saturated rings. The van der Waals surface area contributed by atoms with Crippen LogP contribution in [-0.2, 0) is 0 Å². The molecule has 3 N–H and O–H groups in total. The number of hydrogen-bond acceptors (Lipinski definition) is 5. The number of para-hydroxylation sites is 1. The van der Waals surface area contributed by atoms with Gasteiger partial charge in [0.2, 0.25) is 0 Å². The first-order chi connectivity index (χ1) is 16.4. The predicted octanol–water partition coefficient (Wildman–Crippen LogP) is 7.10. The molecule has 8 heteroatoms. The zero-order valence-electron chi connectivity index (χ0n) is 20.2. The number of benzene rings is 2. The molecule has 4 rings (SSSR count). The van der Waals surface area contributed by atoms with E-state index in [0.29, 0.717) is 33.2 Å². The third-order valence-corrected chi connectivity index (χ3v) is 6.25. The van der Waals surface area contributed by atoms with Crippen LogP contribution in [0, 0.1) is 0 Å². The Morgan fingerprint density at radius 3 is 2.40 bits per heavy atom. The zero-order valence-corrected chi connectivity index (χ0v) is 21.0. The predicted molar refractivity (Wildman–Crippen MR) is 136 cm³/mol. The van der Waals surface area contributed by atoms with Crippen LogP contribution < -0.4 is 15.4 Å². The summed E-state index contributed by atoms with van der Waals surface area (Å²) < 4.78 is 31.0. The topological polar surface area (TPSA) is 66.4 Å². The van der Waals surface area contributed by atoms with E-state index >= 15 is 0 Å². The first kappa shape index (κ1) is 25.2. The summed E-state index contributed by atoms with van der Waals surface area (Å²) in [6.45, 7) is 5.71. The quantitative estimate of drug-likeness (QED) is 0.336. The number of ether oxygens (including phenoxy) is 1. The van der Waals surface area contributed by atoms with Crippen LogP contribution in [0.3, 0.4) is 0 Å². The highest BCUT2D eigenvalue weighted by atomic mass is 35.5. The maximum absolute atomic E-state index is 13.1. The van der Waals surface area contributed by atoms with Crippen molar-refractivity contribution >= 4 is 17.4 Å². The Morgan fingerprint density at radius 1 is 1.03 bits per heavy atom. The molecular weight excluding hydrogens is 472 g/mol. The highest BCUT2D eigenvalue weighted by Crippen LogP contribution is 2.38. The fourth-order valence-corrected chi connectivity index (χ4v) is 5.32. The average molecular weight is 502 g/mol. The number of hydrogen-bond donors (Lipinski definition) is 3. The average Bonchev–Trinajstić information content (AvgIpc) is 2.73. The molecule has 0 aliphatic carbocycles. The number of piperidine rings is 1. The van der Waals surface area contributed by atoms with Gasteiger partial charge in [0.1, 0.15) is 17.3 Å². The summed E-state index contributed by atoms with van der Waals surface area (Å²) >= 11 is 6.20. The van der Waals surface area contributed by atoms with Crippen LogP contribution in [0.4, 0.5) is 14.6 Å². The van der Waals surface area contributed by atoms with Gasteiger partial charge in [-0.2, -0.15) is 8.78 Å². The summed E-state index contributed by atoms with van der Waals surface area (Å²) in [7, 11) is 0. The maximum Gasteiger partial charge on any atom is 0.387 e. The van der Waals surface area contributed by atoms with Crippen LogP contribution in [0.2, 0.25) is 5.02 Å². The van der Waals surface area contributed by atoms with Crippen molar-refractivity contribution in [3.05, 3.63) is 59.6 Å². The number of pyridine rings is 1. The van der Waals surface area contributed by atoms with Crippen LogP contribution in [0.1, 0.15) is 40.5 Å². The standard InChI is InChI=1S/C27H30ClF2N3O2/c1-26(2)14-18(15-27(3,4)33-26)31-24-12-16(19-7-5-6-8-23(19)35-25(29)30)11-21(32-24)20-13-17(28)9-10-22(20)34/h5-13,18,25,33-34H,14-15H2,1-4H3,(H,31,32). The van der Waals surface area contributed by atoms with Gasteiger partial charge in [-0.3, -0.25) is 0 Å². The number of aromatic nitrogens is 1. The van der Waals surface area contributed by atoms with E-state index in [-0.39, 0.29) is 28.6 Å². The molecule has 0 saturated carbocycles. The Morgan fingerprint density at radius 2 is 1.71 bits per heavy atom. The third kappa shape index (κ3) is 6.21. The largest absolute Gasteiger partial charge is 0.507 e. The van der Waals surface area contributed by atoms with Gasteiger partial charge >= 0.3 is 6.61 Å². The number of rotatable bonds is 6. The second-order valence-corrected chi connectivity index (χ2v) is 10.7. The lowest BCUT2D eigenvalue weighted by Crippen LogP contribution is -2.60. The molecule has 0 unspecified atom stereocenters. The number of nitrogens with one attached hydrogen (secondary N) is 2. The van der Waals surface area contributed by atoms with Gasteiger partial charge in [-0.05, 0) is 82.5 Å². The molecule has 186 valence electrons. The van der Waals surface area contributed by atoms with Gasteiger partial charge in [-0.1, -0.05) is 29.8 Å². The number of halogens is 3. The van der Waals surface area contributed by atoms with Crippen molar-refractivity contribution in [2.24, 2.45) is 0 Å². The van der Waals surface area contributed by atoms with Gasteiger partial charge in [-0.15, -0.1) is 0 Å². The Balaban J connectivity index is 1.81. The monoisotopic (exact) mass is 501 g/mol. The van der Waals surface area contributed by atoms with Gasteiger partial charge in [0, 0.05) is 33.3 Å². The molecule has 3 aromatic rings. The van der Waals surface area contributed by atoms with Crippen LogP contribution in [0.5, 0.6) is 11.5 Å². The van der Waals surface area contributed by atoms with Crippen molar-refractivity contribution in [2.75, 3.05) is 5.32 Å². The molecule has 2 aromatic carbocycles. The SMILES string of the molecule is CC1(C)CC(Nc2cc(-c3ccccc3OC(F)F)cc(-c3cc(Cl)ccc3O)n2)CC(C)(C)N1. The van der Waals surface area contributed by atoms with E-state index in [9.17, 15) is 13.9 Å². The minimum Gasteiger partial charge on any atom is -0.507 e. The summed E-state index contributed by atoms with van der Waals surface area (Å²) in [6, 6.07) is 15.0. The molecule has 1 aromatic heterocycles. The second kappa shape index (κ2) is 9.63. The Hall–Kier alpha value is -2.90. The summed E-state index contributed by atoms with van der Waals surface area (Å²) in [5, 5.41) is 18.2. The van der Waals surface area contributed by atoms with Crippen molar-refractivity contribution in [3.8, 4) is 33.9 Å². The normalized spacial score (nSPS) is 17.4. The number of anilines is 1. The van der Waals surface area contributed by atoms with E-state index in [0.717, 1.165) is 12.8 Å². The van der Waals surface area contributed by atoms with Gasteiger partial charge in [-0.25, -0.2) is 4.98 Å². The molecule has 0 spiro atoms. The number of nitrogens with zero attached hydrogens (tertiary/aromatic N) is 1. The second-order valence-electron chi connectivity index (χ2n) is 10.3. The molecule has 0 amide bonds. The summed E-state index contributed by atoms with van der Waals surface area (Å²) in [6.07, 6.45) is 1.73. The molecule has 1 aliphatic rings.